The van der Waals surface area contributed by atoms with E-state index in [4.69, 9.17) is 4.74 Å². The minimum atomic E-state index is -3.65. The number of sulfonamides is 1. The van der Waals surface area contributed by atoms with Gasteiger partial charge in [-0.1, -0.05) is 62.4 Å². The van der Waals surface area contributed by atoms with Gasteiger partial charge >= 0.3 is 0 Å². The first-order chi connectivity index (χ1) is 13.4. The van der Waals surface area contributed by atoms with Crippen LogP contribution in [0, 0.1) is 5.92 Å². The summed E-state index contributed by atoms with van der Waals surface area (Å²) in [6.07, 6.45) is 0.721. The molecule has 28 heavy (non-hydrogen) atoms. The van der Waals surface area contributed by atoms with Crippen molar-refractivity contribution in [2.45, 2.75) is 31.2 Å². The summed E-state index contributed by atoms with van der Waals surface area (Å²) in [6.45, 7) is 4.17. The molecule has 5 heteroatoms. The van der Waals surface area contributed by atoms with Crippen molar-refractivity contribution in [1.29, 1.82) is 0 Å². The molecule has 3 aromatic rings. The number of ether oxygens (including phenoxy) is 1. The van der Waals surface area contributed by atoms with Crippen LogP contribution in [-0.4, -0.2) is 8.42 Å². The molecule has 0 fully saturated rings. The molecule has 0 aliphatic rings. The predicted octanol–water partition coefficient (Wildman–Crippen LogP) is 5.54. The Bertz CT molecular complexity index is 969. The molecule has 0 bridgehead atoms. The van der Waals surface area contributed by atoms with Crippen LogP contribution >= 0.6 is 0 Å². The Balaban J connectivity index is 1.77. The normalized spacial score (nSPS) is 12.7. The van der Waals surface area contributed by atoms with Crippen molar-refractivity contribution in [3.05, 3.63) is 90.5 Å². The maximum atomic E-state index is 12.9. The monoisotopic (exact) mass is 395 g/mol. The molecular weight excluding hydrogens is 370 g/mol. The fourth-order valence-corrected chi connectivity index (χ4v) is 4.21. The molecule has 4 nitrogen and oxygen atoms in total. The van der Waals surface area contributed by atoms with E-state index in [-0.39, 0.29) is 10.9 Å². The highest BCUT2D eigenvalue weighted by Crippen LogP contribution is 2.26. The highest BCUT2D eigenvalue weighted by atomic mass is 32.2. The van der Waals surface area contributed by atoms with Gasteiger partial charge in [-0.25, -0.2) is 13.1 Å². The lowest BCUT2D eigenvalue weighted by atomic mass is 9.98. The second kappa shape index (κ2) is 9.04. The molecular formula is C23H25NO3S. The molecule has 0 saturated heterocycles. The average molecular weight is 396 g/mol. The van der Waals surface area contributed by atoms with E-state index >= 15 is 0 Å². The Morgan fingerprint density at radius 2 is 1.32 bits per heavy atom. The summed E-state index contributed by atoms with van der Waals surface area (Å²) in [5.74, 6) is 1.65. The van der Waals surface area contributed by atoms with Gasteiger partial charge < -0.3 is 4.74 Å². The molecule has 1 atom stereocenters. The van der Waals surface area contributed by atoms with Crippen molar-refractivity contribution >= 4 is 10.0 Å². The predicted molar refractivity (Wildman–Crippen MR) is 112 cm³/mol. The molecule has 0 aromatic heterocycles. The molecule has 0 spiro atoms. The number of hydrogen-bond acceptors (Lipinski definition) is 3. The molecule has 0 amide bonds. The van der Waals surface area contributed by atoms with E-state index in [9.17, 15) is 8.42 Å². The summed E-state index contributed by atoms with van der Waals surface area (Å²) < 4.78 is 34.4. The van der Waals surface area contributed by atoms with E-state index in [1.807, 2.05) is 60.7 Å². The Hall–Kier alpha value is -2.63. The van der Waals surface area contributed by atoms with E-state index < -0.39 is 10.0 Å². The van der Waals surface area contributed by atoms with Crippen LogP contribution in [0.3, 0.4) is 0 Å². The third-order valence-electron chi connectivity index (χ3n) is 4.32. The highest BCUT2D eigenvalue weighted by molar-refractivity contribution is 7.89. The number of hydrogen-bond donors (Lipinski definition) is 1. The maximum Gasteiger partial charge on any atom is 0.241 e. The quantitative estimate of drug-likeness (QED) is 0.544. The molecule has 0 saturated carbocycles. The van der Waals surface area contributed by atoms with E-state index in [1.54, 1.807) is 24.3 Å². The van der Waals surface area contributed by atoms with E-state index in [2.05, 4.69) is 18.6 Å². The zero-order valence-corrected chi connectivity index (χ0v) is 16.9. The zero-order valence-electron chi connectivity index (χ0n) is 16.1. The van der Waals surface area contributed by atoms with Crippen molar-refractivity contribution in [1.82, 2.24) is 4.72 Å². The first kappa shape index (κ1) is 20.1. The van der Waals surface area contributed by atoms with Gasteiger partial charge in [-0.15, -0.1) is 0 Å². The lowest BCUT2D eigenvalue weighted by molar-refractivity contribution is 0.471. The van der Waals surface area contributed by atoms with Gasteiger partial charge in [-0.05, 0) is 54.3 Å². The fourth-order valence-electron chi connectivity index (χ4n) is 2.98. The van der Waals surface area contributed by atoms with Gasteiger partial charge in [0.05, 0.1) is 4.90 Å². The van der Waals surface area contributed by atoms with Crippen LogP contribution < -0.4 is 9.46 Å². The lowest BCUT2D eigenvalue weighted by Crippen LogP contribution is -2.29. The first-order valence-electron chi connectivity index (χ1n) is 9.34. The summed E-state index contributed by atoms with van der Waals surface area (Å²) in [4.78, 5) is 0.220. The Morgan fingerprint density at radius 3 is 1.89 bits per heavy atom. The summed E-state index contributed by atoms with van der Waals surface area (Å²) >= 11 is 0. The van der Waals surface area contributed by atoms with E-state index in [0.29, 0.717) is 17.4 Å². The molecule has 0 aliphatic heterocycles. The van der Waals surface area contributed by atoms with Crippen molar-refractivity contribution in [3.63, 3.8) is 0 Å². The van der Waals surface area contributed by atoms with E-state index in [0.717, 1.165) is 12.0 Å². The topological polar surface area (TPSA) is 55.4 Å². The number of para-hydroxylation sites is 1. The summed E-state index contributed by atoms with van der Waals surface area (Å²) in [5.41, 5.74) is 0.962. The Morgan fingerprint density at radius 1 is 0.786 bits per heavy atom. The SMILES string of the molecule is CC(C)C[C@@H](NS(=O)(=O)c1ccc(Oc2ccccc2)cc1)c1ccccc1. The van der Waals surface area contributed by atoms with Crippen molar-refractivity contribution in [2.24, 2.45) is 5.92 Å². The third-order valence-corrected chi connectivity index (χ3v) is 5.81. The fraction of sp³-hybridized carbons (Fsp3) is 0.217. The second-order valence-corrected chi connectivity index (χ2v) is 8.81. The zero-order chi connectivity index (χ0) is 20.0. The molecule has 3 rings (SSSR count). The van der Waals surface area contributed by atoms with Crippen LogP contribution in [0.1, 0.15) is 31.9 Å². The summed E-state index contributed by atoms with van der Waals surface area (Å²) in [7, 11) is -3.65. The number of benzene rings is 3. The molecule has 3 aromatic carbocycles. The molecule has 0 heterocycles. The smallest absolute Gasteiger partial charge is 0.241 e. The lowest BCUT2D eigenvalue weighted by Gasteiger charge is -2.21. The van der Waals surface area contributed by atoms with Gasteiger partial charge in [0, 0.05) is 6.04 Å². The van der Waals surface area contributed by atoms with Gasteiger partial charge in [0.2, 0.25) is 10.0 Å². The standard InChI is InChI=1S/C23H25NO3S/c1-18(2)17-23(19-9-5-3-6-10-19)24-28(25,26)22-15-13-21(14-16-22)27-20-11-7-4-8-12-20/h3-16,18,23-24H,17H2,1-2H3/t23-/m1/s1. The van der Waals surface area contributed by atoms with Gasteiger partial charge in [-0.3, -0.25) is 0 Å². The maximum absolute atomic E-state index is 12.9. The van der Waals surface area contributed by atoms with Crippen LogP contribution in [0.4, 0.5) is 0 Å². The number of rotatable bonds is 8. The van der Waals surface area contributed by atoms with Gasteiger partial charge in [0.25, 0.3) is 0 Å². The molecule has 0 aliphatic carbocycles. The molecule has 0 radical (unpaired) electrons. The molecule has 1 N–H and O–H groups in total. The van der Waals surface area contributed by atoms with Gasteiger partial charge in [0.1, 0.15) is 11.5 Å². The van der Waals surface area contributed by atoms with Crippen LogP contribution in [-0.2, 0) is 10.0 Å². The van der Waals surface area contributed by atoms with Crippen molar-refractivity contribution in [2.75, 3.05) is 0 Å². The minimum Gasteiger partial charge on any atom is -0.457 e. The van der Waals surface area contributed by atoms with Crippen molar-refractivity contribution in [3.8, 4) is 11.5 Å². The van der Waals surface area contributed by atoms with Gasteiger partial charge in [-0.2, -0.15) is 0 Å². The van der Waals surface area contributed by atoms with E-state index in [1.165, 1.54) is 0 Å². The van der Waals surface area contributed by atoms with Crippen LogP contribution in [0.25, 0.3) is 0 Å². The van der Waals surface area contributed by atoms with Crippen LogP contribution in [0.2, 0.25) is 0 Å². The van der Waals surface area contributed by atoms with Crippen LogP contribution in [0.15, 0.2) is 89.8 Å². The minimum absolute atomic E-state index is 0.220. The van der Waals surface area contributed by atoms with Crippen molar-refractivity contribution < 1.29 is 13.2 Å². The third kappa shape index (κ3) is 5.44. The Labute approximate surface area is 167 Å². The second-order valence-electron chi connectivity index (χ2n) is 7.10. The Kier molecular flexibility index (Phi) is 6.49. The molecule has 0 unspecified atom stereocenters. The highest BCUT2D eigenvalue weighted by Gasteiger charge is 2.22. The number of nitrogens with one attached hydrogen (secondary N) is 1. The summed E-state index contributed by atoms with van der Waals surface area (Å²) in [6, 6.07) is 25.3. The average Bonchev–Trinajstić information content (AvgIpc) is 2.69. The molecule has 146 valence electrons. The van der Waals surface area contributed by atoms with Crippen LogP contribution in [0.5, 0.6) is 11.5 Å². The first-order valence-corrected chi connectivity index (χ1v) is 10.8. The summed E-state index contributed by atoms with van der Waals surface area (Å²) in [5, 5.41) is 0. The van der Waals surface area contributed by atoms with Gasteiger partial charge in [0.15, 0.2) is 0 Å². The largest absolute Gasteiger partial charge is 0.457 e.